The molecule has 0 aliphatic rings. The Kier molecular flexibility index (Phi) is 15.5. The fourth-order valence-corrected chi connectivity index (χ4v) is 5.76. The van der Waals surface area contributed by atoms with Crippen LogP contribution in [0.5, 0.6) is 5.75 Å². The molecule has 0 bridgehead atoms. The number of aromatic hydroxyl groups is 1. The van der Waals surface area contributed by atoms with Crippen molar-refractivity contribution >= 4 is 29.3 Å². The molecule has 0 aliphatic carbocycles. The van der Waals surface area contributed by atoms with Crippen molar-refractivity contribution in [2.24, 2.45) is 45.0 Å². The van der Waals surface area contributed by atoms with Crippen LogP contribution in [0.3, 0.4) is 0 Å². The number of carbonyl (C=O) groups is 4. The molecule has 12 heteroatoms. The molecule has 2 aromatic carbocycles. The van der Waals surface area contributed by atoms with Gasteiger partial charge in [-0.15, -0.1) is 0 Å². The van der Waals surface area contributed by atoms with Gasteiger partial charge in [-0.05, 0) is 99.7 Å². The van der Waals surface area contributed by atoms with Crippen LogP contribution in [0.4, 0.5) is 0 Å². The van der Waals surface area contributed by atoms with E-state index in [1.807, 2.05) is 44.2 Å². The van der Waals surface area contributed by atoms with Crippen molar-refractivity contribution in [2.45, 2.75) is 90.6 Å². The maximum atomic E-state index is 14.0. The second kappa shape index (κ2) is 18.8. The summed E-state index contributed by atoms with van der Waals surface area (Å²) >= 11 is 0. The van der Waals surface area contributed by atoms with Gasteiger partial charge < -0.3 is 39.1 Å². The van der Waals surface area contributed by atoms with Crippen LogP contribution in [0.15, 0.2) is 47.5 Å². The molecule has 0 aromatic heterocycles. The second-order valence-corrected chi connectivity index (χ2v) is 12.8. The molecule has 0 unspecified atom stereocenters. The van der Waals surface area contributed by atoms with E-state index in [9.17, 15) is 24.3 Å². The number of unbranched alkanes of at least 4 members (excludes halogenated alkanes) is 1. The summed E-state index contributed by atoms with van der Waals surface area (Å²) in [4.78, 5) is 57.7. The molecule has 0 radical (unpaired) electrons. The lowest BCUT2D eigenvalue weighted by molar-refractivity contribution is -0.136. The molecule has 2 aromatic rings. The molecule has 12 N–H and O–H groups in total. The van der Waals surface area contributed by atoms with Crippen LogP contribution in [-0.4, -0.2) is 59.6 Å². The van der Waals surface area contributed by atoms with Gasteiger partial charge in [0.25, 0.3) is 0 Å². The molecular formula is C35H53N7O5. The zero-order valence-electron chi connectivity index (χ0n) is 28.0. The van der Waals surface area contributed by atoms with E-state index in [0.29, 0.717) is 45.2 Å². The van der Waals surface area contributed by atoms with Gasteiger partial charge in [0.05, 0.1) is 17.5 Å². The lowest BCUT2D eigenvalue weighted by Gasteiger charge is -2.29. The number of benzene rings is 2. The van der Waals surface area contributed by atoms with Crippen molar-refractivity contribution in [3.8, 4) is 5.75 Å². The molecule has 0 saturated heterocycles. The summed E-state index contributed by atoms with van der Waals surface area (Å²) in [6.07, 6.45) is 2.44. The quantitative estimate of drug-likeness (QED) is 0.0590. The Morgan fingerprint density at radius 2 is 1.57 bits per heavy atom. The van der Waals surface area contributed by atoms with Gasteiger partial charge in [-0.2, -0.15) is 0 Å². The number of phenolic OH excluding ortho intramolecular Hbond substituents is 1. The predicted octanol–water partition coefficient (Wildman–Crippen LogP) is 1.82. The van der Waals surface area contributed by atoms with Crippen LogP contribution in [0.1, 0.15) is 74.1 Å². The number of hydrogen-bond acceptors (Lipinski definition) is 8. The van der Waals surface area contributed by atoms with Crippen molar-refractivity contribution in [1.82, 2.24) is 5.32 Å². The summed E-state index contributed by atoms with van der Waals surface area (Å²) in [6.45, 7) is 6.04. The molecule has 12 nitrogen and oxygen atoms in total. The summed E-state index contributed by atoms with van der Waals surface area (Å²) in [5.41, 5.74) is 30.5. The Labute approximate surface area is 277 Å². The van der Waals surface area contributed by atoms with Gasteiger partial charge in [-0.25, -0.2) is 0 Å². The minimum Gasteiger partial charge on any atom is -0.508 e. The van der Waals surface area contributed by atoms with Gasteiger partial charge in [0.2, 0.25) is 11.8 Å². The van der Waals surface area contributed by atoms with E-state index in [4.69, 9.17) is 28.7 Å². The number of phenols is 1. The average molecular weight is 652 g/mol. The third kappa shape index (κ3) is 12.8. The monoisotopic (exact) mass is 651 g/mol. The van der Waals surface area contributed by atoms with Gasteiger partial charge in [-0.1, -0.05) is 37.3 Å². The highest BCUT2D eigenvalue weighted by Crippen LogP contribution is 2.29. The van der Waals surface area contributed by atoms with Crippen molar-refractivity contribution in [3.63, 3.8) is 0 Å². The minimum absolute atomic E-state index is 0.0481. The fraction of sp³-hybridized carbons (Fsp3) is 0.514. The van der Waals surface area contributed by atoms with Gasteiger partial charge >= 0.3 is 0 Å². The zero-order valence-corrected chi connectivity index (χ0v) is 28.0. The maximum Gasteiger partial charge on any atom is 0.224 e. The van der Waals surface area contributed by atoms with E-state index in [-0.39, 0.29) is 49.0 Å². The zero-order chi connectivity index (χ0) is 35.1. The second-order valence-electron chi connectivity index (χ2n) is 12.8. The van der Waals surface area contributed by atoms with E-state index in [1.165, 1.54) is 0 Å². The van der Waals surface area contributed by atoms with E-state index >= 15 is 0 Å². The van der Waals surface area contributed by atoms with Crippen molar-refractivity contribution in [1.29, 1.82) is 0 Å². The van der Waals surface area contributed by atoms with Crippen molar-refractivity contribution in [3.05, 3.63) is 64.7 Å². The van der Waals surface area contributed by atoms with Gasteiger partial charge in [0, 0.05) is 25.3 Å². The van der Waals surface area contributed by atoms with Crippen LogP contribution in [0.2, 0.25) is 0 Å². The van der Waals surface area contributed by atoms with E-state index < -0.39 is 35.2 Å². The Balaban J connectivity index is 2.34. The molecular weight excluding hydrogens is 598 g/mol. The van der Waals surface area contributed by atoms with Crippen LogP contribution in [0, 0.1) is 25.2 Å². The number of aryl methyl sites for hydroxylation is 2. The Morgan fingerprint density at radius 1 is 0.936 bits per heavy atom. The first-order valence-corrected chi connectivity index (χ1v) is 16.2. The summed E-state index contributed by atoms with van der Waals surface area (Å²) in [6, 6.07) is 10.7. The Bertz CT molecular complexity index is 1370. The first-order chi connectivity index (χ1) is 22.2. The molecule has 47 heavy (non-hydrogen) atoms. The van der Waals surface area contributed by atoms with Crippen LogP contribution in [0.25, 0.3) is 0 Å². The Hall–Kier alpha value is -4.29. The summed E-state index contributed by atoms with van der Waals surface area (Å²) in [5, 5.41) is 13.0. The van der Waals surface area contributed by atoms with E-state index in [2.05, 4.69) is 10.3 Å². The summed E-state index contributed by atoms with van der Waals surface area (Å²) in [5.74, 6) is -2.53. The number of nitrogens with one attached hydrogen (secondary N) is 1. The first kappa shape index (κ1) is 38.9. The fourth-order valence-electron chi connectivity index (χ4n) is 5.76. The molecule has 0 heterocycles. The SMILES string of the molecule is Cc1cc(O)cc(C)c1C[C@H](CC(=O)[C@H](N)CCCN=C(N)N)C(=O)N[C@@H](CCCCN)C(=O)C[C@@](C)(Cc1ccccc1)C(N)=O. The average Bonchev–Trinajstić information content (AvgIpc) is 2.99. The van der Waals surface area contributed by atoms with E-state index in [0.717, 1.165) is 22.3 Å². The molecule has 0 aliphatic heterocycles. The number of aliphatic imine (C=N–C) groups is 1. The van der Waals surface area contributed by atoms with Gasteiger partial charge in [0.1, 0.15) is 11.5 Å². The summed E-state index contributed by atoms with van der Waals surface area (Å²) in [7, 11) is 0. The maximum absolute atomic E-state index is 14.0. The molecule has 2 amide bonds. The predicted molar refractivity (Wildman–Crippen MR) is 184 cm³/mol. The van der Waals surface area contributed by atoms with Crippen LogP contribution < -0.4 is 34.0 Å². The molecule has 0 saturated carbocycles. The third-order valence-corrected chi connectivity index (χ3v) is 8.58. The van der Waals surface area contributed by atoms with Gasteiger partial charge in [0.15, 0.2) is 11.7 Å². The number of primary amides is 1. The molecule has 258 valence electrons. The molecule has 0 fully saturated rings. The molecule has 0 spiro atoms. The number of carbonyl (C=O) groups excluding carboxylic acids is 4. The topological polar surface area (TPSA) is 243 Å². The number of nitrogens with zero attached hydrogens (tertiary/aromatic N) is 1. The van der Waals surface area contributed by atoms with Crippen molar-refractivity contribution in [2.75, 3.05) is 13.1 Å². The molecule has 2 rings (SSSR count). The first-order valence-electron chi connectivity index (χ1n) is 16.2. The summed E-state index contributed by atoms with van der Waals surface area (Å²) < 4.78 is 0. The van der Waals surface area contributed by atoms with Crippen LogP contribution >= 0.6 is 0 Å². The van der Waals surface area contributed by atoms with E-state index in [1.54, 1.807) is 19.1 Å². The number of hydrogen-bond donors (Lipinski definition) is 7. The number of rotatable bonds is 21. The highest BCUT2D eigenvalue weighted by Gasteiger charge is 2.37. The largest absolute Gasteiger partial charge is 0.508 e. The lowest BCUT2D eigenvalue weighted by atomic mass is 9.77. The lowest BCUT2D eigenvalue weighted by Crippen LogP contribution is -2.48. The van der Waals surface area contributed by atoms with Crippen LogP contribution in [-0.2, 0) is 32.0 Å². The smallest absolute Gasteiger partial charge is 0.224 e. The number of Topliss-reactive ketones (excluding diaryl/α,β-unsaturated/α-hetero) is 2. The minimum atomic E-state index is -1.18. The number of nitrogens with two attached hydrogens (primary N) is 5. The normalized spacial score (nSPS) is 14.3. The standard InChI is InChI=1S/C35H53N7O5/c1-22-16-26(43)17-23(2)27(22)18-25(19-30(44)28(37)12-9-15-41-34(39)40)32(46)42-29(13-7-8-14-36)31(45)21-35(3,33(38)47)20-24-10-5-4-6-11-24/h4-6,10-11,16-17,25,28-29,43H,7-9,12-15,18-21,36-37H2,1-3H3,(H2,38,47)(H,42,46)(H4,39,40,41)/t25-,28-,29+,35-/m1/s1. The van der Waals surface area contributed by atoms with Gasteiger partial charge in [-0.3, -0.25) is 24.2 Å². The highest BCUT2D eigenvalue weighted by molar-refractivity contribution is 5.95. The van der Waals surface area contributed by atoms with Crippen molar-refractivity contribution < 1.29 is 24.3 Å². The highest BCUT2D eigenvalue weighted by atomic mass is 16.3. The number of guanidine groups is 1. The number of amides is 2. The number of ketones is 2. The Morgan fingerprint density at radius 3 is 2.15 bits per heavy atom. The third-order valence-electron chi connectivity index (χ3n) is 8.58. The molecule has 4 atom stereocenters.